The minimum atomic E-state index is 0.142. The lowest BCUT2D eigenvalue weighted by molar-refractivity contribution is -0.139. The van der Waals surface area contributed by atoms with Gasteiger partial charge in [0.2, 0.25) is 11.8 Å². The van der Waals surface area contributed by atoms with Crippen LogP contribution in [0.15, 0.2) is 0 Å². The molecule has 2 amide bonds. The summed E-state index contributed by atoms with van der Waals surface area (Å²) in [5.41, 5.74) is 0. The van der Waals surface area contributed by atoms with Crippen LogP contribution in [0, 0.1) is 23.7 Å². The second-order valence-corrected chi connectivity index (χ2v) is 7.73. The molecule has 3 fully saturated rings. The predicted molar refractivity (Wildman–Crippen MR) is 86.1 cm³/mol. The van der Waals surface area contributed by atoms with Crippen molar-refractivity contribution in [1.29, 1.82) is 0 Å². The van der Waals surface area contributed by atoms with E-state index in [1.54, 1.807) is 0 Å². The average molecular weight is 306 g/mol. The van der Waals surface area contributed by atoms with Crippen LogP contribution < -0.4 is 5.32 Å². The van der Waals surface area contributed by atoms with Crippen LogP contribution in [0.3, 0.4) is 0 Å². The third-order valence-corrected chi connectivity index (χ3v) is 6.14. The van der Waals surface area contributed by atoms with Crippen LogP contribution >= 0.6 is 0 Å². The fourth-order valence-corrected chi connectivity index (χ4v) is 4.48. The molecule has 22 heavy (non-hydrogen) atoms. The summed E-state index contributed by atoms with van der Waals surface area (Å²) in [6, 6.07) is 0.462. The minimum Gasteiger partial charge on any atom is -0.355 e. The number of nitrogens with one attached hydrogen (secondary N) is 1. The van der Waals surface area contributed by atoms with Gasteiger partial charge in [0, 0.05) is 31.5 Å². The second kappa shape index (κ2) is 6.59. The fraction of sp³-hybridized carbons (Fsp3) is 0.889. The maximum absolute atomic E-state index is 12.6. The number of carbonyl (C=O) groups is 2. The summed E-state index contributed by atoms with van der Waals surface area (Å²) in [7, 11) is 0. The summed E-state index contributed by atoms with van der Waals surface area (Å²) in [6.45, 7) is 5.87. The van der Waals surface area contributed by atoms with Crippen LogP contribution in [0.4, 0.5) is 0 Å². The van der Waals surface area contributed by atoms with Crippen LogP contribution in [0.25, 0.3) is 0 Å². The first-order chi connectivity index (χ1) is 10.6. The van der Waals surface area contributed by atoms with Gasteiger partial charge in [-0.15, -0.1) is 0 Å². The lowest BCUT2D eigenvalue weighted by atomic mass is 9.72. The Hall–Kier alpha value is -1.06. The Balaban J connectivity index is 1.47. The van der Waals surface area contributed by atoms with E-state index in [0.29, 0.717) is 30.8 Å². The number of piperidine rings is 1. The third kappa shape index (κ3) is 3.31. The molecule has 3 aliphatic rings. The van der Waals surface area contributed by atoms with Crippen molar-refractivity contribution in [2.24, 2.45) is 23.7 Å². The molecule has 1 heterocycles. The molecule has 1 saturated heterocycles. The zero-order valence-electron chi connectivity index (χ0n) is 14.0. The number of nitrogens with zero attached hydrogens (tertiary/aromatic N) is 1. The molecule has 4 heteroatoms. The number of fused-ring (bicyclic) bond motifs is 1. The maximum Gasteiger partial charge on any atom is 0.224 e. The molecule has 4 nitrogen and oxygen atoms in total. The molecule has 0 radical (unpaired) electrons. The van der Waals surface area contributed by atoms with E-state index < -0.39 is 0 Å². The van der Waals surface area contributed by atoms with Gasteiger partial charge in [0.25, 0.3) is 0 Å². The van der Waals surface area contributed by atoms with Crippen LogP contribution in [0.5, 0.6) is 0 Å². The van der Waals surface area contributed by atoms with Gasteiger partial charge < -0.3 is 10.2 Å². The monoisotopic (exact) mass is 306 g/mol. The second-order valence-electron chi connectivity index (χ2n) is 7.73. The van der Waals surface area contributed by atoms with Gasteiger partial charge in [0.15, 0.2) is 0 Å². The van der Waals surface area contributed by atoms with Gasteiger partial charge in [-0.1, -0.05) is 26.7 Å². The van der Waals surface area contributed by atoms with Gasteiger partial charge in [-0.25, -0.2) is 0 Å². The molecule has 3 rings (SSSR count). The van der Waals surface area contributed by atoms with Crippen LogP contribution in [0.2, 0.25) is 0 Å². The number of hydrogen-bond acceptors (Lipinski definition) is 2. The highest BCUT2D eigenvalue weighted by molar-refractivity contribution is 5.82. The van der Waals surface area contributed by atoms with Crippen molar-refractivity contribution < 1.29 is 9.59 Å². The van der Waals surface area contributed by atoms with Crippen LogP contribution in [0.1, 0.15) is 58.8 Å². The van der Waals surface area contributed by atoms with E-state index in [1.165, 1.54) is 25.7 Å². The van der Waals surface area contributed by atoms with Crippen molar-refractivity contribution in [3.63, 3.8) is 0 Å². The van der Waals surface area contributed by atoms with E-state index in [9.17, 15) is 9.59 Å². The van der Waals surface area contributed by atoms with Crippen molar-refractivity contribution in [3.05, 3.63) is 0 Å². The summed E-state index contributed by atoms with van der Waals surface area (Å²) in [6.07, 6.45) is 7.65. The van der Waals surface area contributed by atoms with Crippen molar-refractivity contribution in [3.8, 4) is 0 Å². The standard InChI is InChI=1S/C18H30N2O2/c1-12-8-10-20(16-6-4-3-5-14(12)16)17(21)7-9-19-18(22)15-11-13(15)2/h12-16H,3-11H2,1-2H3,(H,19,22)/t12-,13+,14+,15-,16+/m0/s1. The topological polar surface area (TPSA) is 49.4 Å². The number of amides is 2. The Morgan fingerprint density at radius 3 is 2.55 bits per heavy atom. The summed E-state index contributed by atoms with van der Waals surface area (Å²) in [5.74, 6) is 2.57. The first-order valence-corrected chi connectivity index (χ1v) is 9.15. The third-order valence-electron chi connectivity index (χ3n) is 6.14. The molecular weight excluding hydrogens is 276 g/mol. The lowest BCUT2D eigenvalue weighted by Gasteiger charge is -2.47. The lowest BCUT2D eigenvalue weighted by Crippen LogP contribution is -2.52. The van der Waals surface area contributed by atoms with Crippen LogP contribution in [-0.4, -0.2) is 35.8 Å². The van der Waals surface area contributed by atoms with E-state index in [-0.39, 0.29) is 17.7 Å². The van der Waals surface area contributed by atoms with E-state index in [2.05, 4.69) is 24.1 Å². The minimum absolute atomic E-state index is 0.142. The highest BCUT2D eigenvalue weighted by Crippen LogP contribution is 2.39. The Kier molecular flexibility index (Phi) is 4.74. The zero-order valence-corrected chi connectivity index (χ0v) is 14.0. The molecule has 1 N–H and O–H groups in total. The Morgan fingerprint density at radius 2 is 1.82 bits per heavy atom. The predicted octanol–water partition coefficient (Wildman–Crippen LogP) is 2.58. The fourth-order valence-electron chi connectivity index (χ4n) is 4.48. The number of rotatable bonds is 4. The summed E-state index contributed by atoms with van der Waals surface area (Å²) in [5, 5.41) is 2.94. The molecule has 124 valence electrons. The average Bonchev–Trinajstić information content (AvgIpc) is 3.25. The number of likely N-dealkylation sites (tertiary alicyclic amines) is 1. The highest BCUT2D eigenvalue weighted by Gasteiger charge is 2.40. The van der Waals surface area contributed by atoms with E-state index in [0.717, 1.165) is 25.3 Å². The van der Waals surface area contributed by atoms with Crippen molar-refractivity contribution >= 4 is 11.8 Å². The van der Waals surface area contributed by atoms with Crippen molar-refractivity contribution in [1.82, 2.24) is 10.2 Å². The number of hydrogen-bond donors (Lipinski definition) is 1. The van der Waals surface area contributed by atoms with E-state index in [1.807, 2.05) is 0 Å². The van der Waals surface area contributed by atoms with Gasteiger partial charge >= 0.3 is 0 Å². The summed E-state index contributed by atoms with van der Waals surface area (Å²) < 4.78 is 0. The Bertz CT molecular complexity index is 437. The quantitative estimate of drug-likeness (QED) is 0.868. The van der Waals surface area contributed by atoms with Gasteiger partial charge in [0.05, 0.1) is 0 Å². The first-order valence-electron chi connectivity index (χ1n) is 9.15. The first kappa shape index (κ1) is 15.8. The molecule has 2 aliphatic carbocycles. The van der Waals surface area contributed by atoms with Gasteiger partial charge in [-0.05, 0) is 43.4 Å². The van der Waals surface area contributed by atoms with Gasteiger partial charge in [-0.2, -0.15) is 0 Å². The molecular formula is C18H30N2O2. The molecule has 0 aromatic heterocycles. The molecule has 0 spiro atoms. The summed E-state index contributed by atoms with van der Waals surface area (Å²) >= 11 is 0. The highest BCUT2D eigenvalue weighted by atomic mass is 16.2. The van der Waals surface area contributed by atoms with Crippen LogP contribution in [-0.2, 0) is 9.59 Å². The SMILES string of the molecule is C[C@@H]1C[C@@H]1C(=O)NCCC(=O)N1CC[C@H](C)[C@H]2CCCC[C@H]21. The van der Waals surface area contributed by atoms with Gasteiger partial charge in [0.1, 0.15) is 0 Å². The summed E-state index contributed by atoms with van der Waals surface area (Å²) in [4.78, 5) is 26.5. The Morgan fingerprint density at radius 1 is 1.09 bits per heavy atom. The van der Waals surface area contributed by atoms with E-state index >= 15 is 0 Å². The molecule has 0 aromatic carbocycles. The number of carbonyl (C=O) groups excluding carboxylic acids is 2. The smallest absolute Gasteiger partial charge is 0.224 e. The normalized spacial score (nSPS) is 37.4. The van der Waals surface area contributed by atoms with Gasteiger partial charge in [-0.3, -0.25) is 9.59 Å². The maximum atomic E-state index is 12.6. The molecule has 2 saturated carbocycles. The largest absolute Gasteiger partial charge is 0.355 e. The Labute approximate surface area is 134 Å². The van der Waals surface area contributed by atoms with Crippen molar-refractivity contribution in [2.45, 2.75) is 64.8 Å². The van der Waals surface area contributed by atoms with Crippen molar-refractivity contribution in [2.75, 3.05) is 13.1 Å². The molecule has 1 aliphatic heterocycles. The van der Waals surface area contributed by atoms with E-state index in [4.69, 9.17) is 0 Å². The molecule has 0 bridgehead atoms. The molecule has 0 unspecified atom stereocenters. The molecule has 0 aromatic rings. The zero-order chi connectivity index (χ0) is 15.7. The molecule has 5 atom stereocenters.